The summed E-state index contributed by atoms with van der Waals surface area (Å²) in [4.78, 5) is 0. The summed E-state index contributed by atoms with van der Waals surface area (Å²) in [5, 5.41) is 0. The van der Waals surface area contributed by atoms with Gasteiger partial charge in [0.25, 0.3) is 0 Å². The molecule has 0 unspecified atom stereocenters. The molecule has 2 N–H and O–H groups in total. The van der Waals surface area contributed by atoms with Crippen LogP contribution in [-0.4, -0.2) is 0 Å². The molecule has 17 heavy (non-hydrogen) atoms. The van der Waals surface area contributed by atoms with Crippen LogP contribution in [0.1, 0.15) is 37.4 Å². The number of hydrogen-bond donors (Lipinski definition) is 1. The van der Waals surface area contributed by atoms with Crippen LogP contribution < -0.4 is 5.73 Å². The van der Waals surface area contributed by atoms with Crippen LogP contribution >= 0.6 is 0 Å². The van der Waals surface area contributed by atoms with Gasteiger partial charge < -0.3 is 5.73 Å². The molecule has 0 saturated heterocycles. The second-order valence-corrected chi connectivity index (χ2v) is 4.51. The first-order chi connectivity index (χ1) is 7.70. The van der Waals surface area contributed by atoms with E-state index in [9.17, 15) is 17.6 Å². The molecular formula is C12H15F4N. The Bertz CT molecular complexity index is 385. The predicted molar refractivity (Wildman–Crippen MR) is 57.8 cm³/mol. The number of hydrogen-bond acceptors (Lipinski definition) is 1. The van der Waals surface area contributed by atoms with Crippen LogP contribution in [-0.2, 0) is 6.18 Å². The van der Waals surface area contributed by atoms with E-state index in [4.69, 9.17) is 5.73 Å². The lowest BCUT2D eigenvalue weighted by atomic mass is 9.96. The molecular weight excluding hydrogens is 234 g/mol. The van der Waals surface area contributed by atoms with Crippen LogP contribution in [0.3, 0.4) is 0 Å². The fraction of sp³-hybridized carbons (Fsp3) is 0.500. The Morgan fingerprint density at radius 2 is 1.76 bits per heavy atom. The van der Waals surface area contributed by atoms with Gasteiger partial charge in [-0.25, -0.2) is 4.39 Å². The second kappa shape index (κ2) is 5.04. The third-order valence-corrected chi connectivity index (χ3v) is 2.40. The van der Waals surface area contributed by atoms with Gasteiger partial charge in [0.2, 0.25) is 0 Å². The third-order valence-electron chi connectivity index (χ3n) is 2.40. The fourth-order valence-corrected chi connectivity index (χ4v) is 1.63. The summed E-state index contributed by atoms with van der Waals surface area (Å²) in [5.41, 5.74) is 4.94. The summed E-state index contributed by atoms with van der Waals surface area (Å²) >= 11 is 0. The van der Waals surface area contributed by atoms with Crippen molar-refractivity contribution in [3.63, 3.8) is 0 Å². The molecule has 0 heterocycles. The van der Waals surface area contributed by atoms with Crippen molar-refractivity contribution in [2.45, 2.75) is 32.5 Å². The van der Waals surface area contributed by atoms with Crippen molar-refractivity contribution in [2.24, 2.45) is 11.7 Å². The van der Waals surface area contributed by atoms with Crippen molar-refractivity contribution in [3.05, 3.63) is 35.1 Å². The number of nitrogens with two attached hydrogens (primary N) is 1. The van der Waals surface area contributed by atoms with E-state index >= 15 is 0 Å². The number of rotatable bonds is 3. The van der Waals surface area contributed by atoms with E-state index in [1.165, 1.54) is 0 Å². The van der Waals surface area contributed by atoms with Crippen molar-refractivity contribution in [3.8, 4) is 0 Å². The number of benzene rings is 1. The summed E-state index contributed by atoms with van der Waals surface area (Å²) in [6.07, 6.45) is -4.03. The zero-order valence-corrected chi connectivity index (χ0v) is 9.68. The number of halogens is 4. The standard InChI is InChI=1S/C12H15F4N/c1-7(2)3-11(17)8-4-9(12(14,15)16)6-10(13)5-8/h4-7,11H,3,17H2,1-2H3/t11-/m1/s1. The van der Waals surface area contributed by atoms with Gasteiger partial charge in [0.05, 0.1) is 5.56 Å². The topological polar surface area (TPSA) is 26.0 Å². The summed E-state index contributed by atoms with van der Waals surface area (Å²) in [6, 6.07) is 1.87. The van der Waals surface area contributed by atoms with Crippen LogP contribution in [0.5, 0.6) is 0 Å². The largest absolute Gasteiger partial charge is 0.416 e. The van der Waals surface area contributed by atoms with Crippen molar-refractivity contribution in [2.75, 3.05) is 0 Å². The first-order valence-corrected chi connectivity index (χ1v) is 5.33. The molecule has 0 aliphatic carbocycles. The first kappa shape index (κ1) is 14.0. The monoisotopic (exact) mass is 249 g/mol. The average Bonchev–Trinajstić information content (AvgIpc) is 2.14. The molecule has 5 heteroatoms. The molecule has 0 spiro atoms. The molecule has 0 saturated carbocycles. The molecule has 1 aromatic rings. The minimum absolute atomic E-state index is 0.186. The van der Waals surface area contributed by atoms with Gasteiger partial charge in [0.1, 0.15) is 5.82 Å². The fourth-order valence-electron chi connectivity index (χ4n) is 1.63. The highest BCUT2D eigenvalue weighted by atomic mass is 19.4. The highest BCUT2D eigenvalue weighted by Gasteiger charge is 2.31. The van der Waals surface area contributed by atoms with Crippen molar-refractivity contribution in [1.82, 2.24) is 0 Å². The van der Waals surface area contributed by atoms with E-state index in [0.717, 1.165) is 12.1 Å². The van der Waals surface area contributed by atoms with Gasteiger partial charge in [0, 0.05) is 6.04 Å². The molecule has 1 nitrogen and oxygen atoms in total. The molecule has 0 aromatic heterocycles. The third kappa shape index (κ3) is 4.00. The highest BCUT2D eigenvalue weighted by molar-refractivity contribution is 5.28. The highest BCUT2D eigenvalue weighted by Crippen LogP contribution is 2.32. The van der Waals surface area contributed by atoms with E-state index in [2.05, 4.69) is 0 Å². The quantitative estimate of drug-likeness (QED) is 0.808. The Kier molecular flexibility index (Phi) is 4.14. The molecule has 0 bridgehead atoms. The summed E-state index contributed by atoms with van der Waals surface area (Å²) in [6.45, 7) is 3.81. The van der Waals surface area contributed by atoms with E-state index in [0.29, 0.717) is 12.5 Å². The van der Waals surface area contributed by atoms with Gasteiger partial charge in [-0.3, -0.25) is 0 Å². The van der Waals surface area contributed by atoms with Crippen LogP contribution in [0.4, 0.5) is 17.6 Å². The van der Waals surface area contributed by atoms with Crippen LogP contribution in [0.25, 0.3) is 0 Å². The Labute approximate surface area is 97.6 Å². The van der Waals surface area contributed by atoms with Crippen LogP contribution in [0.2, 0.25) is 0 Å². The lowest BCUT2D eigenvalue weighted by Crippen LogP contribution is -2.15. The zero-order chi connectivity index (χ0) is 13.2. The van der Waals surface area contributed by atoms with E-state index in [1.54, 1.807) is 0 Å². The maximum atomic E-state index is 13.1. The predicted octanol–water partition coefficient (Wildman–Crippen LogP) is 3.89. The van der Waals surface area contributed by atoms with Crippen molar-refractivity contribution >= 4 is 0 Å². The van der Waals surface area contributed by atoms with Gasteiger partial charge in [-0.05, 0) is 36.1 Å². The molecule has 1 aromatic carbocycles. The molecule has 0 aliphatic rings. The summed E-state index contributed by atoms with van der Waals surface area (Å²) < 4.78 is 50.5. The summed E-state index contributed by atoms with van der Waals surface area (Å²) in [7, 11) is 0. The van der Waals surface area contributed by atoms with Gasteiger partial charge >= 0.3 is 6.18 Å². The smallest absolute Gasteiger partial charge is 0.324 e. The zero-order valence-electron chi connectivity index (χ0n) is 9.68. The normalized spacial score (nSPS) is 14.1. The molecule has 0 radical (unpaired) electrons. The van der Waals surface area contributed by atoms with Gasteiger partial charge in [-0.2, -0.15) is 13.2 Å². The van der Waals surface area contributed by atoms with E-state index in [-0.39, 0.29) is 11.5 Å². The lowest BCUT2D eigenvalue weighted by Gasteiger charge is -2.16. The maximum absolute atomic E-state index is 13.1. The van der Waals surface area contributed by atoms with Gasteiger partial charge in [0.15, 0.2) is 0 Å². The molecule has 0 amide bonds. The lowest BCUT2D eigenvalue weighted by molar-refractivity contribution is -0.137. The summed E-state index contributed by atoms with van der Waals surface area (Å²) in [5.74, 6) is -0.670. The first-order valence-electron chi connectivity index (χ1n) is 5.33. The molecule has 0 fully saturated rings. The Hall–Kier alpha value is -1.10. The van der Waals surface area contributed by atoms with Gasteiger partial charge in [-0.15, -0.1) is 0 Å². The van der Waals surface area contributed by atoms with Crippen molar-refractivity contribution < 1.29 is 17.6 Å². The van der Waals surface area contributed by atoms with E-state index in [1.807, 2.05) is 13.8 Å². The van der Waals surface area contributed by atoms with Gasteiger partial charge in [-0.1, -0.05) is 13.8 Å². The second-order valence-electron chi connectivity index (χ2n) is 4.51. The Balaban J connectivity index is 3.05. The SMILES string of the molecule is CC(C)C[C@@H](N)c1cc(F)cc(C(F)(F)F)c1. The minimum atomic E-state index is -4.55. The number of alkyl halides is 3. The molecule has 1 atom stereocenters. The molecule has 1 rings (SSSR count). The maximum Gasteiger partial charge on any atom is 0.416 e. The van der Waals surface area contributed by atoms with Crippen LogP contribution in [0.15, 0.2) is 18.2 Å². The molecule has 96 valence electrons. The van der Waals surface area contributed by atoms with E-state index < -0.39 is 23.6 Å². The molecule has 0 aliphatic heterocycles. The van der Waals surface area contributed by atoms with Crippen molar-refractivity contribution in [1.29, 1.82) is 0 Å². The minimum Gasteiger partial charge on any atom is -0.324 e. The Morgan fingerprint density at radius 1 is 1.18 bits per heavy atom. The Morgan fingerprint density at radius 3 is 2.24 bits per heavy atom. The average molecular weight is 249 g/mol. The van der Waals surface area contributed by atoms with Crippen LogP contribution in [0, 0.1) is 11.7 Å².